The van der Waals surface area contributed by atoms with Gasteiger partial charge in [0.05, 0.1) is 12.5 Å². The van der Waals surface area contributed by atoms with Gasteiger partial charge in [-0.2, -0.15) is 0 Å². The summed E-state index contributed by atoms with van der Waals surface area (Å²) in [5.41, 5.74) is -0.0392. The summed E-state index contributed by atoms with van der Waals surface area (Å²) in [5.74, 6) is 2.26. The zero-order chi connectivity index (χ0) is 16.7. The Kier molecular flexibility index (Phi) is 8.23. The lowest BCUT2D eigenvalue weighted by Gasteiger charge is -2.13. The molecule has 0 unspecified atom stereocenters. The van der Waals surface area contributed by atoms with Crippen LogP contribution in [0, 0.1) is 0 Å². The number of nitrogens with zero attached hydrogens (tertiary/aromatic N) is 4. The van der Waals surface area contributed by atoms with Crippen molar-refractivity contribution in [1.82, 2.24) is 25.2 Å². The summed E-state index contributed by atoms with van der Waals surface area (Å²) in [6.45, 7) is 11.1. The van der Waals surface area contributed by atoms with Crippen LogP contribution in [0.5, 0.6) is 0 Å². The van der Waals surface area contributed by atoms with E-state index < -0.39 is 0 Å². The van der Waals surface area contributed by atoms with E-state index in [9.17, 15) is 0 Å². The number of nitrogens with one attached hydrogen (secondary N) is 2. The van der Waals surface area contributed by atoms with Gasteiger partial charge in [-0.3, -0.25) is 0 Å². The van der Waals surface area contributed by atoms with Crippen LogP contribution >= 0.6 is 24.0 Å². The van der Waals surface area contributed by atoms with Crippen LogP contribution < -0.4 is 10.6 Å². The summed E-state index contributed by atoms with van der Waals surface area (Å²) in [7, 11) is 0. The minimum absolute atomic E-state index is 0. The van der Waals surface area contributed by atoms with Crippen LogP contribution in [-0.2, 0) is 18.5 Å². The van der Waals surface area contributed by atoms with E-state index in [0.29, 0.717) is 12.4 Å². The Hall–Kier alpha value is -1.58. The topological polar surface area (TPSA) is 80.3 Å². The average molecular weight is 446 g/mol. The summed E-state index contributed by atoms with van der Waals surface area (Å²) in [6, 6.07) is 0. The summed E-state index contributed by atoms with van der Waals surface area (Å²) < 4.78 is 7.77. The second-order valence-corrected chi connectivity index (χ2v) is 6.29. The third-order valence-electron chi connectivity index (χ3n) is 3.23. The third kappa shape index (κ3) is 6.50. The standard InChI is InChI=1S/C16H26N6O.HI/c1-5-18-15(19-7-9-22-8-6-17-12-22)21-11-14-20-10-13(23-14)16(2,3)4;/h6,8,10,12H,5,7,9,11H2,1-4H3,(H2,18,19,21);1H. The van der Waals surface area contributed by atoms with Crippen molar-refractivity contribution in [3.8, 4) is 0 Å². The minimum atomic E-state index is -0.0392. The molecule has 0 atom stereocenters. The number of rotatable bonds is 6. The quantitative estimate of drug-likeness (QED) is 0.405. The average Bonchev–Trinajstić information content (AvgIpc) is 3.15. The molecule has 0 aliphatic carbocycles. The van der Waals surface area contributed by atoms with Gasteiger partial charge in [0.25, 0.3) is 0 Å². The van der Waals surface area contributed by atoms with Crippen molar-refractivity contribution < 1.29 is 4.42 Å². The van der Waals surface area contributed by atoms with Crippen LogP contribution in [0.4, 0.5) is 0 Å². The zero-order valence-corrected chi connectivity index (χ0v) is 17.1. The van der Waals surface area contributed by atoms with Gasteiger partial charge in [0, 0.05) is 37.4 Å². The highest BCUT2D eigenvalue weighted by Crippen LogP contribution is 2.22. The molecule has 2 N–H and O–H groups in total. The lowest BCUT2D eigenvalue weighted by atomic mass is 9.94. The molecule has 0 aliphatic rings. The summed E-state index contributed by atoms with van der Waals surface area (Å²) in [4.78, 5) is 12.8. The lowest BCUT2D eigenvalue weighted by molar-refractivity contribution is 0.383. The van der Waals surface area contributed by atoms with Gasteiger partial charge in [0.1, 0.15) is 12.3 Å². The third-order valence-corrected chi connectivity index (χ3v) is 3.23. The van der Waals surface area contributed by atoms with Gasteiger partial charge in [-0.25, -0.2) is 15.0 Å². The van der Waals surface area contributed by atoms with Crippen molar-refractivity contribution in [3.05, 3.63) is 36.6 Å². The van der Waals surface area contributed by atoms with Gasteiger partial charge in [-0.15, -0.1) is 24.0 Å². The van der Waals surface area contributed by atoms with Crippen molar-refractivity contribution in [2.45, 2.75) is 46.2 Å². The van der Waals surface area contributed by atoms with Gasteiger partial charge < -0.3 is 19.6 Å². The Morgan fingerprint density at radius 3 is 2.71 bits per heavy atom. The second kappa shape index (κ2) is 9.65. The van der Waals surface area contributed by atoms with E-state index in [1.165, 1.54) is 0 Å². The molecule has 134 valence electrons. The molecule has 8 heteroatoms. The van der Waals surface area contributed by atoms with Crippen molar-refractivity contribution in [1.29, 1.82) is 0 Å². The van der Waals surface area contributed by atoms with Gasteiger partial charge in [0.15, 0.2) is 5.96 Å². The molecule has 0 fully saturated rings. The number of aliphatic imine (C=N–C) groups is 1. The fourth-order valence-corrected chi connectivity index (χ4v) is 1.94. The van der Waals surface area contributed by atoms with E-state index in [1.54, 1.807) is 18.7 Å². The van der Waals surface area contributed by atoms with Gasteiger partial charge in [-0.1, -0.05) is 20.8 Å². The smallest absolute Gasteiger partial charge is 0.216 e. The fraction of sp³-hybridized carbons (Fsp3) is 0.562. The molecule has 0 aliphatic heterocycles. The number of hydrogen-bond acceptors (Lipinski definition) is 4. The molecule has 0 amide bonds. The Balaban J connectivity index is 0.00000288. The summed E-state index contributed by atoms with van der Waals surface area (Å²) in [5, 5.41) is 6.50. The molecule has 2 aromatic heterocycles. The Morgan fingerprint density at radius 2 is 2.12 bits per heavy atom. The number of imidazole rings is 1. The number of oxazole rings is 1. The molecule has 0 saturated heterocycles. The lowest BCUT2D eigenvalue weighted by Crippen LogP contribution is -2.38. The normalized spacial score (nSPS) is 11.9. The second-order valence-electron chi connectivity index (χ2n) is 6.29. The van der Waals surface area contributed by atoms with E-state index in [2.05, 4.69) is 46.4 Å². The summed E-state index contributed by atoms with van der Waals surface area (Å²) in [6.07, 6.45) is 7.29. The highest BCUT2D eigenvalue weighted by molar-refractivity contribution is 14.0. The van der Waals surface area contributed by atoms with Crippen LogP contribution in [0.25, 0.3) is 0 Å². The molecule has 0 aromatic carbocycles. The Morgan fingerprint density at radius 1 is 1.33 bits per heavy atom. The molecule has 0 radical (unpaired) electrons. The van der Waals surface area contributed by atoms with Crippen molar-refractivity contribution in [2.24, 2.45) is 4.99 Å². The predicted molar refractivity (Wildman–Crippen MR) is 106 cm³/mol. The van der Waals surface area contributed by atoms with Crippen LogP contribution in [0.3, 0.4) is 0 Å². The fourth-order valence-electron chi connectivity index (χ4n) is 1.94. The molecular formula is C16H27IN6O. The van der Waals surface area contributed by atoms with Crippen molar-refractivity contribution >= 4 is 29.9 Å². The molecule has 24 heavy (non-hydrogen) atoms. The molecule has 0 spiro atoms. The number of hydrogen-bond donors (Lipinski definition) is 2. The number of halogens is 1. The van der Waals surface area contributed by atoms with Crippen LogP contribution in [0.2, 0.25) is 0 Å². The Bertz CT molecular complexity index is 615. The maximum atomic E-state index is 5.75. The largest absolute Gasteiger partial charge is 0.443 e. The van der Waals surface area contributed by atoms with Crippen molar-refractivity contribution in [3.63, 3.8) is 0 Å². The molecule has 0 saturated carbocycles. The van der Waals surface area contributed by atoms with E-state index in [0.717, 1.165) is 31.4 Å². The molecule has 2 heterocycles. The first-order valence-electron chi connectivity index (χ1n) is 7.92. The SMILES string of the molecule is CCNC(=NCc1ncc(C(C)(C)C)o1)NCCn1ccnc1.I. The monoisotopic (exact) mass is 446 g/mol. The highest BCUT2D eigenvalue weighted by atomic mass is 127. The molecule has 0 bridgehead atoms. The first-order valence-corrected chi connectivity index (χ1v) is 7.92. The summed E-state index contributed by atoms with van der Waals surface area (Å²) >= 11 is 0. The maximum Gasteiger partial charge on any atom is 0.216 e. The number of guanidine groups is 1. The first-order chi connectivity index (χ1) is 11.0. The van der Waals surface area contributed by atoms with Crippen LogP contribution in [-0.4, -0.2) is 33.6 Å². The van der Waals surface area contributed by atoms with Crippen molar-refractivity contribution in [2.75, 3.05) is 13.1 Å². The number of aromatic nitrogens is 3. The first kappa shape index (κ1) is 20.5. The van der Waals surface area contributed by atoms with Gasteiger partial charge >= 0.3 is 0 Å². The maximum absolute atomic E-state index is 5.75. The minimum Gasteiger partial charge on any atom is -0.443 e. The van der Waals surface area contributed by atoms with E-state index in [-0.39, 0.29) is 29.4 Å². The highest BCUT2D eigenvalue weighted by Gasteiger charge is 2.18. The molecule has 7 nitrogen and oxygen atoms in total. The van der Waals surface area contributed by atoms with E-state index in [1.807, 2.05) is 17.7 Å². The van der Waals surface area contributed by atoms with Crippen LogP contribution in [0.15, 0.2) is 34.3 Å². The van der Waals surface area contributed by atoms with Gasteiger partial charge in [0.2, 0.25) is 5.89 Å². The van der Waals surface area contributed by atoms with E-state index in [4.69, 9.17) is 4.42 Å². The molecular weight excluding hydrogens is 419 g/mol. The molecule has 2 rings (SSSR count). The molecule has 2 aromatic rings. The van der Waals surface area contributed by atoms with Gasteiger partial charge in [-0.05, 0) is 6.92 Å². The zero-order valence-electron chi connectivity index (χ0n) is 14.7. The Labute approximate surface area is 160 Å². The predicted octanol–water partition coefficient (Wildman–Crippen LogP) is 2.54. The van der Waals surface area contributed by atoms with Crippen LogP contribution in [0.1, 0.15) is 39.3 Å². The van der Waals surface area contributed by atoms with E-state index >= 15 is 0 Å².